The van der Waals surface area contributed by atoms with Gasteiger partial charge >= 0.3 is 11.9 Å². The van der Waals surface area contributed by atoms with Gasteiger partial charge in [-0.15, -0.1) is 0 Å². The molecule has 0 radical (unpaired) electrons. The van der Waals surface area contributed by atoms with Crippen molar-refractivity contribution in [1.29, 1.82) is 0 Å². The first-order valence-electron chi connectivity index (χ1n) is 29.5. The molecule has 6 rings (SSSR count). The van der Waals surface area contributed by atoms with Crippen LogP contribution in [-0.2, 0) is 63.8 Å². The Morgan fingerprint density at radius 1 is 0.741 bits per heavy atom. The smallest absolute Gasteiger partial charge is 0.330 e. The van der Waals surface area contributed by atoms with Gasteiger partial charge in [0.15, 0.2) is 11.5 Å². The van der Waals surface area contributed by atoms with E-state index >= 15 is 0 Å². The highest BCUT2D eigenvalue weighted by molar-refractivity contribution is 6.38. The molecule has 1 unspecified atom stereocenters. The lowest BCUT2D eigenvalue weighted by Crippen LogP contribution is -2.57. The number of methoxy groups -OCH3 is 2. The molecule has 3 fully saturated rings. The van der Waals surface area contributed by atoms with Gasteiger partial charge < -0.3 is 54.1 Å². The van der Waals surface area contributed by atoms with E-state index in [-0.39, 0.29) is 69.0 Å². The van der Waals surface area contributed by atoms with E-state index in [4.69, 9.17) is 18.9 Å². The molecule has 85 heavy (non-hydrogen) atoms. The first-order valence-corrected chi connectivity index (χ1v) is 29.5. The summed E-state index contributed by atoms with van der Waals surface area (Å²) in [5.41, 5.74) is 0.736. The Kier molecular flexibility index (Phi) is 23.8. The van der Waals surface area contributed by atoms with E-state index in [1.807, 2.05) is 32.9 Å². The van der Waals surface area contributed by atoms with E-state index in [1.165, 1.54) is 42.8 Å². The number of piperidine rings is 1. The molecular weight excluding hydrogens is 1090 g/mol. The number of carbonyl (C=O) groups excluding carboxylic acids is 10. The maximum atomic E-state index is 14.7. The second-order valence-corrected chi connectivity index (χ2v) is 23.1. The molecule has 3 aliphatic heterocycles. The van der Waals surface area contributed by atoms with Crippen LogP contribution in [0, 0.1) is 11.3 Å². The Morgan fingerprint density at radius 2 is 1.39 bits per heavy atom. The standard InChI is InChI=1S/C64H85N7O14/c1-11-55(74)84-40-64(5,6)57(75)62(80)71-34-17-16-25-48(71)63(81)85-50(30-28-42-29-31-51(82-9)52(38-42)83-10)44-23-18-24-45(39-44)65-53(72)32-33-54(73)66-56(43-21-14-13-15-22-43)61(79)70-36-20-27-47(70)60(78)69-35-19-26-46(69)59(77)68(8)49(37-41(3)4)58(76)67(7)12-2/h11,13-15,18,21-24,29,31,38-39,41,46-50,56H,1,12,16-17,19-20,25-28,30,32-37,40H2,2-10H3,(H,65,72)(H,66,73)/t46-,47-,48+,49+,50-,56?/m1/s1. The van der Waals surface area contributed by atoms with E-state index in [0.29, 0.717) is 92.8 Å². The van der Waals surface area contributed by atoms with Crippen LogP contribution in [0.2, 0.25) is 0 Å². The molecule has 0 saturated carbocycles. The summed E-state index contributed by atoms with van der Waals surface area (Å²) >= 11 is 0. The van der Waals surface area contributed by atoms with Crippen LogP contribution in [0.3, 0.4) is 0 Å². The average Bonchev–Trinajstić information content (AvgIpc) is 4.40. The minimum Gasteiger partial charge on any atom is -0.493 e. The number of hydrogen-bond donors (Lipinski definition) is 2. The van der Waals surface area contributed by atoms with E-state index < -0.39 is 83.1 Å². The summed E-state index contributed by atoms with van der Waals surface area (Å²) in [7, 11) is 6.37. The summed E-state index contributed by atoms with van der Waals surface area (Å²) in [4.78, 5) is 145. The lowest BCUT2D eigenvalue weighted by Gasteiger charge is -2.36. The van der Waals surface area contributed by atoms with Crippen LogP contribution in [0.5, 0.6) is 11.5 Å². The number of likely N-dealkylation sites (N-methyl/N-ethyl adjacent to an activating group) is 2. The molecule has 0 aromatic heterocycles. The van der Waals surface area contributed by atoms with Gasteiger partial charge in [-0.25, -0.2) is 9.59 Å². The highest BCUT2D eigenvalue weighted by Gasteiger charge is 2.46. The van der Waals surface area contributed by atoms with Crippen molar-refractivity contribution in [1.82, 2.24) is 29.8 Å². The van der Waals surface area contributed by atoms with Crippen LogP contribution in [0.15, 0.2) is 85.5 Å². The number of nitrogens with zero attached hydrogens (tertiary/aromatic N) is 5. The number of hydrogen-bond acceptors (Lipinski definition) is 14. The SMILES string of the molecule is C=CC(=O)OCC(C)(C)C(=O)C(=O)N1CCCC[C@H]1C(=O)O[C@H](CCc1ccc(OC)c(OC)c1)c1cccc(NC(=O)CCC(=O)NC(C(=O)N2CCC[C@@H]2C(=O)N2CCC[C@@H]2C(=O)N(C)[C@@H](CC(C)C)C(=O)N(C)CC)c2ccccc2)c1. The highest BCUT2D eigenvalue weighted by Crippen LogP contribution is 2.34. The molecule has 3 saturated heterocycles. The first kappa shape index (κ1) is 66.0. The number of likely N-dealkylation sites (tertiary alicyclic amines) is 3. The number of benzene rings is 3. The van der Waals surface area contributed by atoms with Gasteiger partial charge in [-0.2, -0.15) is 0 Å². The molecule has 21 nitrogen and oxygen atoms in total. The number of Topliss-reactive ketones (excluding diaryl/α,β-unsaturated/α-hetero) is 1. The predicted octanol–water partition coefficient (Wildman–Crippen LogP) is 6.54. The molecule has 3 aliphatic rings. The molecule has 21 heteroatoms. The monoisotopic (exact) mass is 1180 g/mol. The fourth-order valence-electron chi connectivity index (χ4n) is 11.1. The fraction of sp³-hybridized carbons (Fsp3) is 0.531. The number of carbonyl (C=O) groups is 10. The molecular formula is C64H85N7O14. The van der Waals surface area contributed by atoms with Gasteiger partial charge in [0.25, 0.3) is 5.91 Å². The van der Waals surface area contributed by atoms with Crippen LogP contribution < -0.4 is 20.1 Å². The third-order valence-corrected chi connectivity index (χ3v) is 16.1. The molecule has 3 heterocycles. The van der Waals surface area contributed by atoms with E-state index in [9.17, 15) is 47.9 Å². The van der Waals surface area contributed by atoms with Gasteiger partial charge in [0.2, 0.25) is 41.2 Å². The summed E-state index contributed by atoms with van der Waals surface area (Å²) in [5.74, 6) is -4.57. The van der Waals surface area contributed by atoms with Gasteiger partial charge in [-0.05, 0) is 132 Å². The number of ketones is 1. The molecule has 6 atom stereocenters. The van der Waals surface area contributed by atoms with Crippen molar-refractivity contribution in [3.8, 4) is 11.5 Å². The molecule has 3 aromatic rings. The van der Waals surface area contributed by atoms with Crippen molar-refractivity contribution < 1.29 is 66.9 Å². The zero-order valence-corrected chi connectivity index (χ0v) is 50.7. The topological polar surface area (TPSA) is 248 Å². The maximum absolute atomic E-state index is 14.7. The van der Waals surface area contributed by atoms with Gasteiger partial charge in [-0.1, -0.05) is 69.0 Å². The van der Waals surface area contributed by atoms with Gasteiger partial charge in [0.1, 0.15) is 42.9 Å². The summed E-state index contributed by atoms with van der Waals surface area (Å²) in [6, 6.07) is 16.0. The number of aryl methyl sites for hydroxylation is 1. The number of anilines is 1. The van der Waals surface area contributed by atoms with Crippen LogP contribution in [0.25, 0.3) is 0 Å². The molecule has 0 spiro atoms. The van der Waals surface area contributed by atoms with Crippen LogP contribution >= 0.6 is 0 Å². The molecule has 460 valence electrons. The molecule has 0 aliphatic carbocycles. The molecule has 3 aromatic carbocycles. The molecule has 0 bridgehead atoms. The van der Waals surface area contributed by atoms with Crippen LogP contribution in [0.1, 0.15) is 134 Å². The zero-order chi connectivity index (χ0) is 62.1. The predicted molar refractivity (Wildman–Crippen MR) is 316 cm³/mol. The van der Waals surface area contributed by atoms with Crippen molar-refractivity contribution in [2.75, 3.05) is 66.4 Å². The summed E-state index contributed by atoms with van der Waals surface area (Å²) in [6.07, 6.45) is 3.72. The van der Waals surface area contributed by atoms with E-state index in [2.05, 4.69) is 17.2 Å². The maximum Gasteiger partial charge on any atom is 0.330 e. The van der Waals surface area contributed by atoms with Crippen molar-refractivity contribution >= 4 is 64.8 Å². The number of rotatable bonds is 27. The second-order valence-electron chi connectivity index (χ2n) is 23.1. The van der Waals surface area contributed by atoms with Crippen molar-refractivity contribution in [3.63, 3.8) is 0 Å². The minimum absolute atomic E-state index is 0.121. The fourth-order valence-corrected chi connectivity index (χ4v) is 11.1. The van der Waals surface area contributed by atoms with Gasteiger partial charge in [-0.3, -0.25) is 38.4 Å². The Hall–Kier alpha value is -8.10. The minimum atomic E-state index is -1.40. The summed E-state index contributed by atoms with van der Waals surface area (Å²) in [5, 5.41) is 5.68. The third kappa shape index (κ3) is 17.1. The second kappa shape index (κ2) is 30.6. The Bertz CT molecular complexity index is 2910. The number of nitrogens with one attached hydrogen (secondary N) is 2. The van der Waals surface area contributed by atoms with Crippen molar-refractivity contribution in [2.24, 2.45) is 11.3 Å². The van der Waals surface area contributed by atoms with Crippen molar-refractivity contribution in [3.05, 3.63) is 102 Å². The molecule has 2 N–H and O–H groups in total. The first-order chi connectivity index (χ1) is 40.5. The lowest BCUT2D eigenvalue weighted by molar-refractivity contribution is -0.165. The largest absolute Gasteiger partial charge is 0.493 e. The van der Waals surface area contributed by atoms with Gasteiger partial charge in [0, 0.05) is 64.9 Å². The average molecular weight is 1180 g/mol. The highest BCUT2D eigenvalue weighted by atomic mass is 16.5. The van der Waals surface area contributed by atoms with Crippen molar-refractivity contribution in [2.45, 2.75) is 148 Å². The number of ether oxygens (including phenoxy) is 4. The summed E-state index contributed by atoms with van der Waals surface area (Å²) < 4.78 is 22.3. The Morgan fingerprint density at radius 3 is 2.06 bits per heavy atom. The zero-order valence-electron chi connectivity index (χ0n) is 50.7. The van der Waals surface area contributed by atoms with E-state index in [1.54, 1.807) is 84.6 Å². The van der Waals surface area contributed by atoms with Crippen LogP contribution in [-0.4, -0.2) is 169 Å². The van der Waals surface area contributed by atoms with Gasteiger partial charge in [0.05, 0.1) is 19.6 Å². The quantitative estimate of drug-likeness (QED) is 0.0468. The number of esters is 2. The number of amides is 7. The Balaban J connectivity index is 1.14. The van der Waals surface area contributed by atoms with Crippen LogP contribution in [0.4, 0.5) is 5.69 Å². The summed E-state index contributed by atoms with van der Waals surface area (Å²) in [6.45, 7) is 12.9. The Labute approximate surface area is 499 Å². The lowest BCUT2D eigenvalue weighted by atomic mass is 9.87. The van der Waals surface area contributed by atoms with E-state index in [0.717, 1.165) is 11.6 Å². The molecule has 7 amide bonds. The normalized spacial score (nSPS) is 17.9. The third-order valence-electron chi connectivity index (χ3n) is 16.1.